The number of thiazole rings is 1. The summed E-state index contributed by atoms with van der Waals surface area (Å²) in [7, 11) is 0. The first-order chi connectivity index (χ1) is 7.22. The van der Waals surface area contributed by atoms with E-state index in [1.807, 2.05) is 11.3 Å². The summed E-state index contributed by atoms with van der Waals surface area (Å²) in [6.07, 6.45) is 3.32. The van der Waals surface area contributed by atoms with Crippen LogP contribution in [0, 0.1) is 13.8 Å². The molecule has 2 aromatic heterocycles. The average molecular weight is 220 g/mol. The molecule has 2 heterocycles. The van der Waals surface area contributed by atoms with Gasteiger partial charge in [-0.2, -0.15) is 0 Å². The third-order valence-corrected chi connectivity index (χ3v) is 4.13. The van der Waals surface area contributed by atoms with Crippen LogP contribution in [0.3, 0.4) is 0 Å². The van der Waals surface area contributed by atoms with Crippen molar-refractivity contribution >= 4 is 22.6 Å². The molecular formula is C11H12N2OS. The van der Waals surface area contributed by atoms with Gasteiger partial charge in [-0.05, 0) is 26.7 Å². The number of aldehydes is 1. The molecule has 1 saturated carbocycles. The molecular weight excluding hydrogens is 208 g/mol. The van der Waals surface area contributed by atoms with Gasteiger partial charge in [-0.1, -0.05) is 0 Å². The van der Waals surface area contributed by atoms with Crippen molar-refractivity contribution < 1.29 is 4.79 Å². The van der Waals surface area contributed by atoms with E-state index >= 15 is 0 Å². The topological polar surface area (TPSA) is 34.4 Å². The van der Waals surface area contributed by atoms with Gasteiger partial charge < -0.3 is 0 Å². The minimum atomic E-state index is 0.539. The maximum absolute atomic E-state index is 11.1. The number of imidazole rings is 1. The zero-order valence-corrected chi connectivity index (χ0v) is 9.60. The van der Waals surface area contributed by atoms with E-state index < -0.39 is 0 Å². The van der Waals surface area contributed by atoms with Crippen LogP contribution in [0.1, 0.15) is 45.5 Å². The lowest BCUT2D eigenvalue weighted by molar-refractivity contribution is 0.111. The molecule has 0 spiro atoms. The number of hydrogen-bond acceptors (Lipinski definition) is 3. The number of hydrogen-bond donors (Lipinski definition) is 0. The molecule has 1 aliphatic rings. The smallest absolute Gasteiger partial charge is 0.194 e. The molecule has 3 nitrogen and oxygen atoms in total. The van der Waals surface area contributed by atoms with E-state index in [1.54, 1.807) is 11.3 Å². The van der Waals surface area contributed by atoms with Crippen LogP contribution in [-0.2, 0) is 0 Å². The highest BCUT2D eigenvalue weighted by Crippen LogP contribution is 2.42. The van der Waals surface area contributed by atoms with Gasteiger partial charge in [-0.25, -0.2) is 4.98 Å². The Balaban J connectivity index is 2.35. The first-order valence-electron chi connectivity index (χ1n) is 5.16. The van der Waals surface area contributed by atoms with E-state index in [0.717, 1.165) is 28.3 Å². The first kappa shape index (κ1) is 9.09. The van der Waals surface area contributed by atoms with Crippen LogP contribution < -0.4 is 0 Å². The van der Waals surface area contributed by atoms with E-state index in [-0.39, 0.29) is 0 Å². The lowest BCUT2D eigenvalue weighted by Gasteiger charge is -1.96. The van der Waals surface area contributed by atoms with Gasteiger partial charge in [0.1, 0.15) is 5.69 Å². The fourth-order valence-electron chi connectivity index (χ4n) is 1.96. The van der Waals surface area contributed by atoms with Gasteiger partial charge in [-0.3, -0.25) is 9.20 Å². The van der Waals surface area contributed by atoms with Crippen molar-refractivity contribution in [2.75, 3.05) is 0 Å². The molecule has 0 aromatic carbocycles. The van der Waals surface area contributed by atoms with Gasteiger partial charge >= 0.3 is 0 Å². The molecule has 2 aromatic rings. The lowest BCUT2D eigenvalue weighted by atomic mass is 10.2. The summed E-state index contributed by atoms with van der Waals surface area (Å²) in [6.45, 7) is 4.12. The van der Waals surface area contributed by atoms with Gasteiger partial charge in [0, 0.05) is 16.5 Å². The number of aromatic nitrogens is 2. The zero-order chi connectivity index (χ0) is 10.6. The van der Waals surface area contributed by atoms with Crippen molar-refractivity contribution in [3.63, 3.8) is 0 Å². The zero-order valence-electron chi connectivity index (χ0n) is 8.78. The van der Waals surface area contributed by atoms with Crippen molar-refractivity contribution in [2.24, 2.45) is 0 Å². The summed E-state index contributed by atoms with van der Waals surface area (Å²) in [5.41, 5.74) is 2.94. The first-order valence-corrected chi connectivity index (χ1v) is 5.97. The number of fused-ring (bicyclic) bond motifs is 1. The molecule has 3 rings (SSSR count). The van der Waals surface area contributed by atoms with E-state index in [9.17, 15) is 4.79 Å². The van der Waals surface area contributed by atoms with Crippen molar-refractivity contribution in [1.29, 1.82) is 0 Å². The van der Waals surface area contributed by atoms with E-state index in [2.05, 4.69) is 11.9 Å². The fourth-order valence-corrected chi connectivity index (χ4v) is 2.94. The standard InChI is InChI=1S/C11H12N2OS/c1-6-7(2)15-11-12-10(8-3-4-8)9(5-14)13(6)11/h5,8H,3-4H2,1-2H3. The number of nitrogens with zero attached hydrogens (tertiary/aromatic N) is 2. The monoisotopic (exact) mass is 220 g/mol. The van der Waals surface area contributed by atoms with Gasteiger partial charge in [0.05, 0.1) is 5.69 Å². The van der Waals surface area contributed by atoms with Gasteiger partial charge in [0.25, 0.3) is 0 Å². The molecule has 0 saturated heterocycles. The second-order valence-corrected chi connectivity index (χ2v) is 5.32. The summed E-state index contributed by atoms with van der Waals surface area (Å²) >= 11 is 1.67. The van der Waals surface area contributed by atoms with Gasteiger partial charge in [0.15, 0.2) is 11.2 Å². The summed E-state index contributed by atoms with van der Waals surface area (Å²) in [5.74, 6) is 0.539. The molecule has 1 fully saturated rings. The molecule has 1 aliphatic carbocycles. The molecule has 0 N–H and O–H groups in total. The van der Waals surface area contributed by atoms with Crippen LogP contribution in [0.2, 0.25) is 0 Å². The molecule has 78 valence electrons. The number of aryl methyl sites for hydroxylation is 2. The van der Waals surface area contributed by atoms with Crippen molar-refractivity contribution in [3.05, 3.63) is 22.0 Å². The minimum Gasteiger partial charge on any atom is -0.296 e. The van der Waals surface area contributed by atoms with Crippen molar-refractivity contribution in [1.82, 2.24) is 9.38 Å². The van der Waals surface area contributed by atoms with Crippen LogP contribution in [0.25, 0.3) is 4.96 Å². The Hall–Kier alpha value is -1.16. The summed E-state index contributed by atoms with van der Waals surface area (Å²) < 4.78 is 2.00. The summed E-state index contributed by atoms with van der Waals surface area (Å²) in [4.78, 5) is 17.9. The SMILES string of the molecule is Cc1sc2nc(C3CC3)c(C=O)n2c1C. The van der Waals surface area contributed by atoms with Gasteiger partial charge in [-0.15, -0.1) is 11.3 Å². The number of rotatable bonds is 2. The van der Waals surface area contributed by atoms with E-state index in [1.165, 1.54) is 17.7 Å². The summed E-state index contributed by atoms with van der Waals surface area (Å²) in [5, 5.41) is 0. The highest BCUT2D eigenvalue weighted by molar-refractivity contribution is 7.17. The average Bonchev–Trinajstić information content (AvgIpc) is 2.94. The van der Waals surface area contributed by atoms with Crippen LogP contribution in [0.15, 0.2) is 0 Å². The highest BCUT2D eigenvalue weighted by Gasteiger charge is 2.30. The largest absolute Gasteiger partial charge is 0.296 e. The Morgan fingerprint density at radius 1 is 1.47 bits per heavy atom. The van der Waals surface area contributed by atoms with Crippen LogP contribution in [-0.4, -0.2) is 15.7 Å². The maximum Gasteiger partial charge on any atom is 0.194 e. The Bertz CT molecular complexity index is 548. The Labute approximate surface area is 91.8 Å². The fraction of sp³-hybridized carbons (Fsp3) is 0.455. The Kier molecular flexibility index (Phi) is 1.77. The quantitative estimate of drug-likeness (QED) is 0.729. The van der Waals surface area contributed by atoms with Crippen molar-refractivity contribution in [3.8, 4) is 0 Å². The second kappa shape index (κ2) is 2.92. The predicted octanol–water partition coefficient (Wildman–Crippen LogP) is 2.70. The molecule has 0 atom stereocenters. The molecule has 0 bridgehead atoms. The van der Waals surface area contributed by atoms with E-state index in [0.29, 0.717) is 5.92 Å². The Morgan fingerprint density at radius 3 is 2.80 bits per heavy atom. The second-order valence-electron chi connectivity index (χ2n) is 4.14. The van der Waals surface area contributed by atoms with Crippen LogP contribution >= 0.6 is 11.3 Å². The molecule has 0 aliphatic heterocycles. The van der Waals surface area contributed by atoms with Crippen LogP contribution in [0.4, 0.5) is 0 Å². The molecule has 4 heteroatoms. The van der Waals surface area contributed by atoms with Gasteiger partial charge in [0.2, 0.25) is 0 Å². The lowest BCUT2D eigenvalue weighted by Crippen LogP contribution is -1.95. The number of carbonyl (C=O) groups excluding carboxylic acids is 1. The van der Waals surface area contributed by atoms with E-state index in [4.69, 9.17) is 0 Å². The van der Waals surface area contributed by atoms with Crippen molar-refractivity contribution in [2.45, 2.75) is 32.6 Å². The van der Waals surface area contributed by atoms with Crippen LogP contribution in [0.5, 0.6) is 0 Å². The Morgan fingerprint density at radius 2 is 2.20 bits per heavy atom. The molecule has 0 unspecified atom stereocenters. The third-order valence-electron chi connectivity index (χ3n) is 3.08. The molecule has 0 amide bonds. The minimum absolute atomic E-state index is 0.539. The molecule has 15 heavy (non-hydrogen) atoms. The number of carbonyl (C=O) groups is 1. The highest BCUT2D eigenvalue weighted by atomic mass is 32.1. The maximum atomic E-state index is 11.1. The third kappa shape index (κ3) is 1.17. The molecule has 0 radical (unpaired) electrons. The normalized spacial score (nSPS) is 16.1. The summed E-state index contributed by atoms with van der Waals surface area (Å²) in [6, 6.07) is 0. The predicted molar refractivity (Wildman–Crippen MR) is 59.9 cm³/mol.